The largest absolute Gasteiger partial charge is 0.373 e. The molecule has 0 unspecified atom stereocenters. The van der Waals surface area contributed by atoms with E-state index in [0.29, 0.717) is 5.92 Å². The Balaban J connectivity index is 2.08. The monoisotopic (exact) mass is 264 g/mol. The quantitative estimate of drug-likeness (QED) is 0.853. The minimum absolute atomic E-state index is 0.321. The molecule has 0 aliphatic carbocycles. The third-order valence-electron chi connectivity index (χ3n) is 3.29. The zero-order valence-electron chi connectivity index (χ0n) is 12.3. The summed E-state index contributed by atoms with van der Waals surface area (Å²) in [5.41, 5.74) is 3.39. The van der Waals surface area contributed by atoms with E-state index in [1.807, 2.05) is 13.1 Å². The van der Waals surface area contributed by atoms with Crippen LogP contribution in [0.5, 0.6) is 0 Å². The number of hydrogen-bond donors (Lipinski definition) is 2. The molecule has 1 aliphatic heterocycles. The van der Waals surface area contributed by atoms with E-state index >= 15 is 0 Å². The second kappa shape index (κ2) is 6.16. The average Bonchev–Trinajstić information content (AvgIpc) is 2.41. The average molecular weight is 264 g/mol. The summed E-state index contributed by atoms with van der Waals surface area (Å²) < 4.78 is 0. The van der Waals surface area contributed by atoms with Crippen molar-refractivity contribution in [2.45, 2.75) is 19.8 Å². The second-order valence-electron chi connectivity index (χ2n) is 5.30. The molecule has 0 radical (unpaired) electrons. The lowest BCUT2D eigenvalue weighted by Crippen LogP contribution is -2.47. The SMILES string of the molecule is CNc1cc(NN2CCN(C)CC2)nc(C(C)C)n1. The third kappa shape index (κ3) is 3.78. The molecular formula is C13H24N6. The van der Waals surface area contributed by atoms with Crippen LogP contribution in [0.15, 0.2) is 6.07 Å². The molecule has 1 aromatic heterocycles. The number of anilines is 2. The summed E-state index contributed by atoms with van der Waals surface area (Å²) in [6.45, 7) is 8.38. The number of aromatic nitrogens is 2. The molecule has 106 valence electrons. The van der Waals surface area contributed by atoms with E-state index in [2.05, 4.69) is 51.5 Å². The van der Waals surface area contributed by atoms with Gasteiger partial charge < -0.3 is 15.6 Å². The number of hydrazine groups is 1. The fourth-order valence-corrected chi connectivity index (χ4v) is 1.99. The Bertz CT molecular complexity index is 412. The summed E-state index contributed by atoms with van der Waals surface area (Å²) in [6, 6.07) is 1.95. The van der Waals surface area contributed by atoms with Crippen molar-refractivity contribution in [2.75, 3.05) is 51.0 Å². The van der Waals surface area contributed by atoms with Crippen LogP contribution in [-0.2, 0) is 0 Å². The minimum atomic E-state index is 0.321. The van der Waals surface area contributed by atoms with Crippen molar-refractivity contribution in [2.24, 2.45) is 0 Å². The van der Waals surface area contributed by atoms with E-state index in [-0.39, 0.29) is 0 Å². The Morgan fingerprint density at radius 3 is 2.32 bits per heavy atom. The van der Waals surface area contributed by atoms with Crippen LogP contribution in [0, 0.1) is 0 Å². The molecule has 0 atom stereocenters. The topological polar surface area (TPSA) is 56.3 Å². The number of nitrogens with zero attached hydrogens (tertiary/aromatic N) is 4. The van der Waals surface area contributed by atoms with Gasteiger partial charge in [0.05, 0.1) is 0 Å². The van der Waals surface area contributed by atoms with Crippen LogP contribution in [0.1, 0.15) is 25.6 Å². The van der Waals surface area contributed by atoms with Crippen molar-refractivity contribution in [1.29, 1.82) is 0 Å². The molecule has 2 heterocycles. The Morgan fingerprint density at radius 2 is 1.74 bits per heavy atom. The smallest absolute Gasteiger partial charge is 0.146 e. The van der Waals surface area contributed by atoms with Gasteiger partial charge in [0.25, 0.3) is 0 Å². The standard InChI is InChI=1S/C13H24N6/c1-10(2)13-15-11(14-3)9-12(16-13)17-19-7-5-18(4)6-8-19/h9-10H,5-8H2,1-4H3,(H2,14,15,16,17). The van der Waals surface area contributed by atoms with Gasteiger partial charge in [-0.15, -0.1) is 0 Å². The number of likely N-dealkylation sites (N-methyl/N-ethyl adjacent to an activating group) is 1. The van der Waals surface area contributed by atoms with Crippen LogP contribution >= 0.6 is 0 Å². The van der Waals surface area contributed by atoms with Crippen LogP contribution in [0.3, 0.4) is 0 Å². The fourth-order valence-electron chi connectivity index (χ4n) is 1.99. The normalized spacial score (nSPS) is 17.7. The molecule has 2 rings (SSSR count). The predicted molar refractivity (Wildman–Crippen MR) is 78.4 cm³/mol. The molecule has 0 aromatic carbocycles. The summed E-state index contributed by atoms with van der Waals surface area (Å²) in [5.74, 6) is 2.91. The zero-order valence-corrected chi connectivity index (χ0v) is 12.3. The van der Waals surface area contributed by atoms with Gasteiger partial charge in [-0.3, -0.25) is 0 Å². The van der Waals surface area contributed by atoms with E-state index in [1.165, 1.54) is 0 Å². The molecule has 0 amide bonds. The third-order valence-corrected chi connectivity index (χ3v) is 3.29. The van der Waals surface area contributed by atoms with Crippen LogP contribution in [0.4, 0.5) is 11.6 Å². The van der Waals surface area contributed by atoms with Crippen LogP contribution < -0.4 is 10.7 Å². The maximum Gasteiger partial charge on any atom is 0.146 e. The summed E-state index contributed by atoms with van der Waals surface area (Å²) in [7, 11) is 4.03. The maximum absolute atomic E-state index is 4.58. The molecule has 6 nitrogen and oxygen atoms in total. The number of rotatable bonds is 4. The van der Waals surface area contributed by atoms with Crippen molar-refractivity contribution in [3.05, 3.63) is 11.9 Å². The van der Waals surface area contributed by atoms with Gasteiger partial charge >= 0.3 is 0 Å². The first-order valence-electron chi connectivity index (χ1n) is 6.85. The molecule has 19 heavy (non-hydrogen) atoms. The molecule has 0 spiro atoms. The Hall–Kier alpha value is -1.40. The van der Waals surface area contributed by atoms with Gasteiger partial charge in [-0.25, -0.2) is 15.0 Å². The lowest BCUT2D eigenvalue weighted by atomic mass is 10.2. The zero-order chi connectivity index (χ0) is 13.8. The Morgan fingerprint density at radius 1 is 1.11 bits per heavy atom. The van der Waals surface area contributed by atoms with Crippen molar-refractivity contribution < 1.29 is 0 Å². The lowest BCUT2D eigenvalue weighted by Gasteiger charge is -2.32. The highest BCUT2D eigenvalue weighted by Crippen LogP contribution is 2.17. The molecule has 0 saturated carbocycles. The van der Waals surface area contributed by atoms with Gasteiger partial charge in [0, 0.05) is 45.2 Å². The first-order chi connectivity index (χ1) is 9.08. The van der Waals surface area contributed by atoms with Crippen LogP contribution in [-0.4, -0.2) is 60.2 Å². The van der Waals surface area contributed by atoms with Gasteiger partial charge in [-0.05, 0) is 7.05 Å². The molecule has 1 aliphatic rings. The summed E-state index contributed by atoms with van der Waals surface area (Å²) in [5, 5.41) is 5.30. The maximum atomic E-state index is 4.58. The fraction of sp³-hybridized carbons (Fsp3) is 0.692. The molecule has 1 saturated heterocycles. The first kappa shape index (κ1) is 14.0. The number of nitrogens with one attached hydrogen (secondary N) is 2. The summed E-state index contributed by atoms with van der Waals surface area (Å²) in [6.07, 6.45) is 0. The van der Waals surface area contributed by atoms with Gasteiger partial charge in [0.1, 0.15) is 17.5 Å². The van der Waals surface area contributed by atoms with E-state index in [0.717, 1.165) is 43.6 Å². The predicted octanol–water partition coefficient (Wildman–Crippen LogP) is 1.22. The Kier molecular flexibility index (Phi) is 4.55. The second-order valence-corrected chi connectivity index (χ2v) is 5.30. The molecular weight excluding hydrogens is 240 g/mol. The minimum Gasteiger partial charge on any atom is -0.373 e. The first-order valence-corrected chi connectivity index (χ1v) is 6.85. The highest BCUT2D eigenvalue weighted by molar-refractivity contribution is 5.47. The van der Waals surface area contributed by atoms with E-state index in [1.54, 1.807) is 0 Å². The van der Waals surface area contributed by atoms with E-state index < -0.39 is 0 Å². The molecule has 0 bridgehead atoms. The van der Waals surface area contributed by atoms with E-state index in [9.17, 15) is 0 Å². The van der Waals surface area contributed by atoms with E-state index in [4.69, 9.17) is 0 Å². The molecule has 1 aromatic rings. The molecule has 6 heteroatoms. The van der Waals surface area contributed by atoms with Gasteiger partial charge in [0.2, 0.25) is 0 Å². The van der Waals surface area contributed by atoms with Gasteiger partial charge in [-0.2, -0.15) is 0 Å². The van der Waals surface area contributed by atoms with Crippen LogP contribution in [0.2, 0.25) is 0 Å². The highest BCUT2D eigenvalue weighted by Gasteiger charge is 2.15. The molecule has 2 N–H and O–H groups in total. The van der Waals surface area contributed by atoms with Crippen molar-refractivity contribution in [1.82, 2.24) is 19.9 Å². The van der Waals surface area contributed by atoms with Crippen molar-refractivity contribution in [3.63, 3.8) is 0 Å². The number of hydrogen-bond acceptors (Lipinski definition) is 6. The van der Waals surface area contributed by atoms with Crippen molar-refractivity contribution >= 4 is 11.6 Å². The lowest BCUT2D eigenvalue weighted by molar-refractivity contribution is 0.178. The number of piperazine rings is 1. The Labute approximate surface area is 115 Å². The van der Waals surface area contributed by atoms with Gasteiger partial charge in [-0.1, -0.05) is 13.8 Å². The van der Waals surface area contributed by atoms with Crippen LogP contribution in [0.25, 0.3) is 0 Å². The molecule has 1 fully saturated rings. The summed E-state index contributed by atoms with van der Waals surface area (Å²) >= 11 is 0. The van der Waals surface area contributed by atoms with Gasteiger partial charge in [0.15, 0.2) is 0 Å². The van der Waals surface area contributed by atoms with Crippen molar-refractivity contribution in [3.8, 4) is 0 Å². The highest BCUT2D eigenvalue weighted by atomic mass is 15.5. The summed E-state index contributed by atoms with van der Waals surface area (Å²) in [4.78, 5) is 11.4.